The summed E-state index contributed by atoms with van der Waals surface area (Å²) in [6.45, 7) is 0.469. The van der Waals surface area contributed by atoms with Gasteiger partial charge in [0.1, 0.15) is 5.69 Å². The highest BCUT2D eigenvalue weighted by atomic mass is 35.5. The second-order valence-corrected chi connectivity index (χ2v) is 5.17. The molecule has 1 aliphatic carbocycles. The van der Waals surface area contributed by atoms with Gasteiger partial charge in [-0.15, -0.1) is 0 Å². The van der Waals surface area contributed by atoms with Crippen molar-refractivity contribution in [3.63, 3.8) is 0 Å². The van der Waals surface area contributed by atoms with Crippen molar-refractivity contribution in [2.45, 2.75) is 31.2 Å². The van der Waals surface area contributed by atoms with Crippen LogP contribution >= 0.6 is 11.6 Å². The smallest absolute Gasteiger partial charge is 0.292 e. The minimum atomic E-state index is -0.405. The molecule has 5 nitrogen and oxygen atoms in total. The number of hydrogen-bond donors (Lipinski definition) is 2. The van der Waals surface area contributed by atoms with Gasteiger partial charge in [0.15, 0.2) is 0 Å². The molecular formula is C12H16ClN3O2. The van der Waals surface area contributed by atoms with Crippen LogP contribution in [0.2, 0.25) is 5.02 Å². The molecule has 0 aliphatic heterocycles. The Morgan fingerprint density at radius 3 is 2.67 bits per heavy atom. The fourth-order valence-corrected chi connectivity index (χ4v) is 2.66. The van der Waals surface area contributed by atoms with Crippen molar-refractivity contribution in [1.29, 1.82) is 0 Å². The average Bonchev–Trinajstić information content (AvgIpc) is 2.78. The SMILES string of the molecule is NCC1(Nc2cc(Cl)ccc2[N+](=O)[O-])CCCC1. The lowest BCUT2D eigenvalue weighted by Crippen LogP contribution is -2.42. The van der Waals surface area contributed by atoms with Gasteiger partial charge in [0.05, 0.1) is 4.92 Å². The highest BCUT2D eigenvalue weighted by molar-refractivity contribution is 6.31. The summed E-state index contributed by atoms with van der Waals surface area (Å²) in [5, 5.41) is 14.7. The van der Waals surface area contributed by atoms with Crippen LogP contribution in [0.5, 0.6) is 0 Å². The van der Waals surface area contributed by atoms with Gasteiger partial charge in [-0.25, -0.2) is 0 Å². The van der Waals surface area contributed by atoms with Crippen LogP contribution in [0.3, 0.4) is 0 Å². The first-order chi connectivity index (χ1) is 8.56. The summed E-state index contributed by atoms with van der Waals surface area (Å²) in [4.78, 5) is 10.6. The fraction of sp³-hybridized carbons (Fsp3) is 0.500. The lowest BCUT2D eigenvalue weighted by Gasteiger charge is -2.29. The Kier molecular flexibility index (Phi) is 3.73. The van der Waals surface area contributed by atoms with Crippen molar-refractivity contribution in [1.82, 2.24) is 0 Å². The number of nitrogens with zero attached hydrogens (tertiary/aromatic N) is 1. The maximum atomic E-state index is 11.0. The Labute approximate surface area is 110 Å². The largest absolute Gasteiger partial charge is 0.373 e. The summed E-state index contributed by atoms with van der Waals surface area (Å²) >= 11 is 5.90. The quantitative estimate of drug-likeness (QED) is 0.650. The van der Waals surface area contributed by atoms with Gasteiger partial charge in [-0.3, -0.25) is 10.1 Å². The molecule has 0 radical (unpaired) electrons. The summed E-state index contributed by atoms with van der Waals surface area (Å²) in [7, 11) is 0. The number of nitro benzene ring substituents is 1. The maximum absolute atomic E-state index is 11.0. The number of anilines is 1. The number of nitrogens with two attached hydrogens (primary N) is 1. The van der Waals surface area contributed by atoms with E-state index in [-0.39, 0.29) is 11.2 Å². The maximum Gasteiger partial charge on any atom is 0.292 e. The Bertz CT molecular complexity index is 459. The van der Waals surface area contributed by atoms with Gasteiger partial charge >= 0.3 is 0 Å². The third-order valence-electron chi connectivity index (χ3n) is 3.51. The number of nitro groups is 1. The van der Waals surface area contributed by atoms with E-state index in [1.165, 1.54) is 12.1 Å². The van der Waals surface area contributed by atoms with Gasteiger partial charge in [0, 0.05) is 23.2 Å². The molecule has 1 aromatic carbocycles. The van der Waals surface area contributed by atoms with E-state index < -0.39 is 4.92 Å². The summed E-state index contributed by atoms with van der Waals surface area (Å²) in [5.74, 6) is 0. The van der Waals surface area contributed by atoms with E-state index in [4.69, 9.17) is 17.3 Å². The van der Waals surface area contributed by atoms with E-state index in [1.807, 2.05) is 0 Å². The van der Waals surface area contributed by atoms with Crippen LogP contribution in [0.1, 0.15) is 25.7 Å². The summed E-state index contributed by atoms with van der Waals surface area (Å²) < 4.78 is 0. The first kappa shape index (κ1) is 13.1. The zero-order chi connectivity index (χ0) is 13.2. The first-order valence-corrected chi connectivity index (χ1v) is 6.36. The molecule has 2 rings (SSSR count). The second kappa shape index (κ2) is 5.12. The van der Waals surface area contributed by atoms with Gasteiger partial charge in [-0.1, -0.05) is 24.4 Å². The topological polar surface area (TPSA) is 81.2 Å². The van der Waals surface area contributed by atoms with Crippen LogP contribution in [0.25, 0.3) is 0 Å². The molecule has 0 unspecified atom stereocenters. The zero-order valence-electron chi connectivity index (χ0n) is 9.99. The number of hydrogen-bond acceptors (Lipinski definition) is 4. The molecule has 0 amide bonds. The predicted octanol–water partition coefficient (Wildman–Crippen LogP) is 2.93. The van der Waals surface area contributed by atoms with E-state index in [2.05, 4.69) is 5.32 Å². The minimum absolute atomic E-state index is 0.0409. The Morgan fingerprint density at radius 1 is 1.44 bits per heavy atom. The standard InChI is InChI=1S/C12H16ClN3O2/c13-9-3-4-11(16(17)18)10(7-9)15-12(8-14)5-1-2-6-12/h3-4,7,15H,1-2,5-6,8,14H2. The third-order valence-corrected chi connectivity index (χ3v) is 3.74. The van der Waals surface area contributed by atoms with Crippen molar-refractivity contribution in [3.05, 3.63) is 33.3 Å². The average molecular weight is 270 g/mol. The number of rotatable bonds is 4. The van der Waals surface area contributed by atoms with Crippen LogP contribution in [0, 0.1) is 10.1 Å². The van der Waals surface area contributed by atoms with Crippen LogP contribution in [-0.2, 0) is 0 Å². The molecule has 1 aromatic rings. The molecule has 3 N–H and O–H groups in total. The van der Waals surface area contributed by atoms with Crippen molar-refractivity contribution in [2.75, 3.05) is 11.9 Å². The van der Waals surface area contributed by atoms with Gasteiger partial charge in [-0.2, -0.15) is 0 Å². The second-order valence-electron chi connectivity index (χ2n) is 4.74. The van der Waals surface area contributed by atoms with E-state index in [0.717, 1.165) is 25.7 Å². The highest BCUT2D eigenvalue weighted by Gasteiger charge is 2.34. The molecule has 1 fully saturated rings. The van der Waals surface area contributed by atoms with E-state index in [1.54, 1.807) is 6.07 Å². The number of nitrogens with one attached hydrogen (secondary N) is 1. The summed E-state index contributed by atoms with van der Waals surface area (Å²) in [6.07, 6.45) is 4.07. The Morgan fingerprint density at radius 2 is 2.11 bits per heavy atom. The monoisotopic (exact) mass is 269 g/mol. The molecule has 0 heterocycles. The van der Waals surface area contributed by atoms with Gasteiger partial charge < -0.3 is 11.1 Å². The lowest BCUT2D eigenvalue weighted by atomic mass is 9.97. The zero-order valence-corrected chi connectivity index (χ0v) is 10.7. The molecule has 98 valence electrons. The van der Waals surface area contributed by atoms with Gasteiger partial charge in [0.25, 0.3) is 5.69 Å². The molecule has 1 aliphatic rings. The van der Waals surface area contributed by atoms with Crippen molar-refractivity contribution < 1.29 is 4.92 Å². The van der Waals surface area contributed by atoms with Crippen molar-refractivity contribution >= 4 is 23.0 Å². The number of benzene rings is 1. The van der Waals surface area contributed by atoms with E-state index in [0.29, 0.717) is 17.3 Å². The summed E-state index contributed by atoms with van der Waals surface area (Å²) in [5.41, 5.74) is 6.09. The molecule has 18 heavy (non-hydrogen) atoms. The minimum Gasteiger partial charge on any atom is -0.373 e. The molecule has 0 saturated heterocycles. The first-order valence-electron chi connectivity index (χ1n) is 5.98. The highest BCUT2D eigenvalue weighted by Crippen LogP contribution is 2.36. The van der Waals surface area contributed by atoms with Crippen LogP contribution in [0.15, 0.2) is 18.2 Å². The molecule has 0 spiro atoms. The Balaban J connectivity index is 2.32. The van der Waals surface area contributed by atoms with E-state index >= 15 is 0 Å². The van der Waals surface area contributed by atoms with Crippen LogP contribution in [-0.4, -0.2) is 17.0 Å². The van der Waals surface area contributed by atoms with Crippen LogP contribution < -0.4 is 11.1 Å². The van der Waals surface area contributed by atoms with Crippen molar-refractivity contribution in [2.24, 2.45) is 5.73 Å². The Hall–Kier alpha value is -1.33. The fourth-order valence-electron chi connectivity index (χ4n) is 2.49. The lowest BCUT2D eigenvalue weighted by molar-refractivity contribution is -0.384. The molecule has 0 bridgehead atoms. The summed E-state index contributed by atoms with van der Waals surface area (Å²) in [6, 6.07) is 4.54. The molecule has 1 saturated carbocycles. The van der Waals surface area contributed by atoms with Crippen LogP contribution in [0.4, 0.5) is 11.4 Å². The molecule has 6 heteroatoms. The molecule has 0 aromatic heterocycles. The normalized spacial score (nSPS) is 17.7. The van der Waals surface area contributed by atoms with E-state index in [9.17, 15) is 10.1 Å². The van der Waals surface area contributed by atoms with Gasteiger partial charge in [-0.05, 0) is 25.0 Å². The molecular weight excluding hydrogens is 254 g/mol. The van der Waals surface area contributed by atoms with Gasteiger partial charge in [0.2, 0.25) is 0 Å². The van der Waals surface area contributed by atoms with Crippen molar-refractivity contribution in [3.8, 4) is 0 Å². The third kappa shape index (κ3) is 2.57. The number of halogens is 1. The molecule has 0 atom stereocenters. The predicted molar refractivity (Wildman–Crippen MR) is 72.0 cm³/mol.